The average molecular weight is 302 g/mol. The highest BCUT2D eigenvalue weighted by Crippen LogP contribution is 2.39. The highest BCUT2D eigenvalue weighted by atomic mass is 16.3. The van der Waals surface area contributed by atoms with E-state index in [2.05, 4.69) is 46.3 Å². The Morgan fingerprint density at radius 2 is 2.00 bits per heavy atom. The van der Waals surface area contributed by atoms with Crippen molar-refractivity contribution in [3.8, 4) is 0 Å². The van der Waals surface area contributed by atoms with Crippen LogP contribution in [0.3, 0.4) is 0 Å². The van der Waals surface area contributed by atoms with E-state index in [4.69, 9.17) is 0 Å². The lowest BCUT2D eigenvalue weighted by molar-refractivity contribution is 0.281. The molecule has 0 saturated heterocycles. The molecule has 3 heterocycles. The minimum Gasteiger partial charge on any atom is -0.392 e. The van der Waals surface area contributed by atoms with Crippen LogP contribution in [0.5, 0.6) is 0 Å². The number of aliphatic hydroxyl groups excluding tert-OH is 1. The summed E-state index contributed by atoms with van der Waals surface area (Å²) >= 11 is 0. The van der Waals surface area contributed by atoms with E-state index in [0.717, 1.165) is 25.1 Å². The molecule has 114 valence electrons. The number of nitrogens with one attached hydrogen (secondary N) is 1. The Morgan fingerprint density at radius 3 is 2.91 bits per heavy atom. The monoisotopic (exact) mass is 302 g/mol. The van der Waals surface area contributed by atoms with Crippen molar-refractivity contribution in [2.45, 2.75) is 19.6 Å². The number of aromatic nitrogens is 1. The van der Waals surface area contributed by atoms with Crippen LogP contribution in [0.2, 0.25) is 0 Å². The van der Waals surface area contributed by atoms with Gasteiger partial charge in [-0.25, -0.2) is 0 Å². The molecule has 2 aromatic carbocycles. The Hall–Kier alpha value is -2.52. The molecular formula is C20H18N2O. The van der Waals surface area contributed by atoms with Crippen LogP contribution in [-0.4, -0.2) is 21.5 Å². The molecule has 0 bridgehead atoms. The van der Waals surface area contributed by atoms with Crippen molar-refractivity contribution >= 4 is 22.7 Å². The van der Waals surface area contributed by atoms with E-state index in [1.807, 2.05) is 12.1 Å². The number of hydrogen-bond acceptors (Lipinski definition) is 2. The molecule has 2 aliphatic rings. The van der Waals surface area contributed by atoms with E-state index in [1.165, 1.54) is 39.0 Å². The number of rotatable bonds is 1. The fraction of sp³-hybridized carbons (Fsp3) is 0.200. The van der Waals surface area contributed by atoms with Gasteiger partial charge in [-0.05, 0) is 40.8 Å². The molecule has 0 spiro atoms. The second kappa shape index (κ2) is 4.74. The van der Waals surface area contributed by atoms with Gasteiger partial charge in [0.05, 0.1) is 18.0 Å². The van der Waals surface area contributed by atoms with Crippen LogP contribution in [0, 0.1) is 0 Å². The Balaban J connectivity index is 1.76. The van der Waals surface area contributed by atoms with Crippen LogP contribution in [0.15, 0.2) is 42.5 Å². The summed E-state index contributed by atoms with van der Waals surface area (Å²) in [5.74, 6) is 0. The van der Waals surface area contributed by atoms with Crippen LogP contribution >= 0.6 is 0 Å². The zero-order valence-corrected chi connectivity index (χ0v) is 12.8. The van der Waals surface area contributed by atoms with Crippen LogP contribution in [0.25, 0.3) is 22.7 Å². The maximum absolute atomic E-state index is 9.65. The highest BCUT2D eigenvalue weighted by Gasteiger charge is 2.28. The van der Waals surface area contributed by atoms with Gasteiger partial charge in [-0.1, -0.05) is 36.4 Å². The number of aliphatic hydroxyl groups is 1. The van der Waals surface area contributed by atoms with Gasteiger partial charge in [-0.15, -0.1) is 0 Å². The van der Waals surface area contributed by atoms with Crippen molar-refractivity contribution in [3.63, 3.8) is 0 Å². The third kappa shape index (κ3) is 1.80. The zero-order chi connectivity index (χ0) is 15.4. The molecule has 2 aliphatic heterocycles. The molecular weight excluding hydrogens is 284 g/mol. The summed E-state index contributed by atoms with van der Waals surface area (Å²) in [5, 5.41) is 11.0. The van der Waals surface area contributed by atoms with Crippen LogP contribution in [0.1, 0.15) is 27.9 Å². The smallest absolute Gasteiger partial charge is 0.0687 e. The molecule has 0 unspecified atom stereocenters. The molecule has 1 aromatic heterocycles. The summed E-state index contributed by atoms with van der Waals surface area (Å²) in [6, 6.07) is 14.8. The quantitative estimate of drug-likeness (QED) is 0.722. The molecule has 3 nitrogen and oxygen atoms in total. The minimum atomic E-state index is 0.0898. The number of benzene rings is 2. The van der Waals surface area contributed by atoms with Crippen LogP contribution in [0.4, 0.5) is 0 Å². The van der Waals surface area contributed by atoms with E-state index in [0.29, 0.717) is 0 Å². The molecule has 0 aliphatic carbocycles. The third-order valence-corrected chi connectivity index (χ3v) is 5.14. The second-order valence-electron chi connectivity index (χ2n) is 6.37. The molecule has 0 fully saturated rings. The molecule has 0 saturated carbocycles. The lowest BCUT2D eigenvalue weighted by Crippen LogP contribution is -2.31. The topological polar surface area (TPSA) is 39.3 Å². The minimum absolute atomic E-state index is 0.0898. The first-order chi connectivity index (χ1) is 11.3. The molecule has 3 heteroatoms. The maximum atomic E-state index is 9.65. The van der Waals surface area contributed by atoms with Crippen LogP contribution < -0.4 is 0 Å². The zero-order valence-electron chi connectivity index (χ0n) is 12.8. The van der Waals surface area contributed by atoms with Crippen molar-refractivity contribution in [3.05, 3.63) is 70.4 Å². The van der Waals surface area contributed by atoms with Crippen molar-refractivity contribution in [1.82, 2.24) is 9.88 Å². The number of H-pyrrole nitrogens is 1. The van der Waals surface area contributed by atoms with Crippen molar-refractivity contribution in [2.75, 3.05) is 6.54 Å². The molecule has 5 rings (SSSR count). The summed E-state index contributed by atoms with van der Waals surface area (Å²) < 4.78 is 0. The molecule has 2 N–H and O–H groups in total. The lowest BCUT2D eigenvalue weighted by Gasteiger charge is -2.36. The molecule has 23 heavy (non-hydrogen) atoms. The number of aromatic amines is 1. The van der Waals surface area contributed by atoms with Gasteiger partial charge in [0.25, 0.3) is 0 Å². The highest BCUT2D eigenvalue weighted by molar-refractivity contribution is 5.94. The van der Waals surface area contributed by atoms with E-state index in [1.54, 1.807) is 0 Å². The SMILES string of the molecule is OCc1cccc2c1C=C1c3[nH]c4ccccc4c3CCN1C2. The predicted molar refractivity (Wildman–Crippen MR) is 92.6 cm³/mol. The first-order valence-corrected chi connectivity index (χ1v) is 8.13. The standard InChI is InChI=1S/C20H18N2O/c23-12-14-5-3-4-13-11-22-9-8-16-15-6-1-2-7-18(15)21-20(16)19(22)10-17(13)14/h1-7,10,21,23H,8-9,11-12H2. The summed E-state index contributed by atoms with van der Waals surface area (Å²) in [5.41, 5.74) is 8.65. The van der Waals surface area contributed by atoms with Crippen molar-refractivity contribution < 1.29 is 5.11 Å². The fourth-order valence-corrected chi connectivity index (χ4v) is 4.00. The van der Waals surface area contributed by atoms with Gasteiger partial charge in [0.2, 0.25) is 0 Å². The third-order valence-electron chi connectivity index (χ3n) is 5.14. The predicted octanol–water partition coefficient (Wildman–Crippen LogP) is 3.53. The molecule has 3 aromatic rings. The summed E-state index contributed by atoms with van der Waals surface area (Å²) in [6.45, 7) is 2.06. The largest absolute Gasteiger partial charge is 0.392 e. The number of nitrogens with zero attached hydrogens (tertiary/aromatic N) is 1. The lowest BCUT2D eigenvalue weighted by atomic mass is 9.92. The first kappa shape index (κ1) is 13.0. The Kier molecular flexibility index (Phi) is 2.67. The fourth-order valence-electron chi connectivity index (χ4n) is 4.00. The molecule has 0 amide bonds. The summed E-state index contributed by atoms with van der Waals surface area (Å²) in [7, 11) is 0. The summed E-state index contributed by atoms with van der Waals surface area (Å²) in [4.78, 5) is 6.06. The van der Waals surface area contributed by atoms with E-state index in [-0.39, 0.29) is 6.61 Å². The normalized spacial score (nSPS) is 15.9. The number of fused-ring (bicyclic) bond motifs is 6. The van der Waals surface area contributed by atoms with Crippen LogP contribution in [-0.2, 0) is 19.6 Å². The van der Waals surface area contributed by atoms with Gasteiger partial charge in [0.1, 0.15) is 0 Å². The molecule has 0 radical (unpaired) electrons. The van der Waals surface area contributed by atoms with Gasteiger partial charge >= 0.3 is 0 Å². The van der Waals surface area contributed by atoms with Crippen molar-refractivity contribution in [2.24, 2.45) is 0 Å². The number of hydrogen-bond donors (Lipinski definition) is 2. The Bertz CT molecular complexity index is 951. The summed E-state index contributed by atoms with van der Waals surface area (Å²) in [6.07, 6.45) is 3.32. The first-order valence-electron chi connectivity index (χ1n) is 8.13. The van der Waals surface area contributed by atoms with Gasteiger partial charge in [0.15, 0.2) is 0 Å². The van der Waals surface area contributed by atoms with Gasteiger partial charge in [0, 0.05) is 24.0 Å². The number of para-hydroxylation sites is 1. The van der Waals surface area contributed by atoms with E-state index >= 15 is 0 Å². The second-order valence-corrected chi connectivity index (χ2v) is 6.37. The Morgan fingerprint density at radius 1 is 1.09 bits per heavy atom. The van der Waals surface area contributed by atoms with E-state index < -0.39 is 0 Å². The van der Waals surface area contributed by atoms with Gasteiger partial charge < -0.3 is 15.0 Å². The van der Waals surface area contributed by atoms with Gasteiger partial charge in [-0.2, -0.15) is 0 Å². The Labute approximate surface area is 134 Å². The van der Waals surface area contributed by atoms with Gasteiger partial charge in [-0.3, -0.25) is 0 Å². The van der Waals surface area contributed by atoms with Crippen molar-refractivity contribution in [1.29, 1.82) is 0 Å². The maximum Gasteiger partial charge on any atom is 0.0687 e. The van der Waals surface area contributed by atoms with E-state index in [9.17, 15) is 5.11 Å². The molecule has 0 atom stereocenters. The average Bonchev–Trinajstić information content (AvgIpc) is 2.98.